The molecule has 0 fully saturated rings. The Morgan fingerprint density at radius 3 is 2.52 bits per heavy atom. The normalized spacial score (nSPS) is 10.2. The number of carbonyl (C=O) groups is 2. The van der Waals surface area contributed by atoms with Crippen LogP contribution in [0.15, 0.2) is 36.4 Å². The van der Waals surface area contributed by atoms with E-state index in [2.05, 4.69) is 5.32 Å². The number of benzene rings is 2. The Hall–Kier alpha value is -2.44. The highest BCUT2D eigenvalue weighted by molar-refractivity contribution is 6.42. The lowest BCUT2D eigenvalue weighted by molar-refractivity contribution is -0.116. The average molecular weight is 383 g/mol. The fourth-order valence-electron chi connectivity index (χ4n) is 2.08. The van der Waals surface area contributed by atoms with Crippen molar-refractivity contribution in [3.8, 4) is 11.5 Å². The van der Waals surface area contributed by atoms with E-state index in [4.69, 9.17) is 27.9 Å². The summed E-state index contributed by atoms with van der Waals surface area (Å²) < 4.78 is 5.04. The summed E-state index contributed by atoms with van der Waals surface area (Å²) in [6.07, 6.45) is 0. The van der Waals surface area contributed by atoms with Gasteiger partial charge in [0.05, 0.1) is 29.3 Å². The van der Waals surface area contributed by atoms with Crippen LogP contribution in [0, 0.1) is 0 Å². The molecule has 0 spiro atoms. The van der Waals surface area contributed by atoms with Crippen molar-refractivity contribution in [3.63, 3.8) is 0 Å². The van der Waals surface area contributed by atoms with Gasteiger partial charge in [0.1, 0.15) is 11.5 Å². The van der Waals surface area contributed by atoms with Gasteiger partial charge in [-0.1, -0.05) is 23.2 Å². The minimum Gasteiger partial charge on any atom is -0.507 e. The standard InChI is InChI=1S/C17H16Cl2N2O4/c1-21(17(24)12-8-11(25-2)4-6-15(12)22)9-16(23)20-10-3-5-13(18)14(19)7-10/h3-8,22H,9H2,1-2H3,(H,20,23). The maximum Gasteiger partial charge on any atom is 0.257 e. The zero-order valence-corrected chi connectivity index (χ0v) is 15.1. The molecule has 0 aromatic heterocycles. The Balaban J connectivity index is 2.05. The predicted molar refractivity (Wildman–Crippen MR) is 96.7 cm³/mol. The van der Waals surface area contributed by atoms with Gasteiger partial charge in [-0.3, -0.25) is 9.59 Å². The second-order valence-corrected chi connectivity index (χ2v) is 6.04. The summed E-state index contributed by atoms with van der Waals surface area (Å²) >= 11 is 11.7. The van der Waals surface area contributed by atoms with E-state index in [0.29, 0.717) is 21.5 Å². The number of phenolic OH excluding ortho intramolecular Hbond substituents is 1. The minimum absolute atomic E-state index is 0.0455. The first-order valence-corrected chi connectivity index (χ1v) is 7.94. The van der Waals surface area contributed by atoms with E-state index in [1.54, 1.807) is 12.1 Å². The third-order valence-electron chi connectivity index (χ3n) is 3.36. The Morgan fingerprint density at radius 1 is 1.16 bits per heavy atom. The van der Waals surface area contributed by atoms with Gasteiger partial charge in [0, 0.05) is 12.7 Å². The van der Waals surface area contributed by atoms with Crippen molar-refractivity contribution in [2.75, 3.05) is 26.0 Å². The monoisotopic (exact) mass is 382 g/mol. The van der Waals surface area contributed by atoms with Gasteiger partial charge >= 0.3 is 0 Å². The number of phenols is 1. The molecule has 0 aliphatic heterocycles. The molecule has 0 aliphatic rings. The Morgan fingerprint density at radius 2 is 1.88 bits per heavy atom. The number of nitrogens with zero attached hydrogens (tertiary/aromatic N) is 1. The number of aromatic hydroxyl groups is 1. The van der Waals surface area contributed by atoms with Crippen molar-refractivity contribution < 1.29 is 19.4 Å². The number of carbonyl (C=O) groups excluding carboxylic acids is 2. The predicted octanol–water partition coefficient (Wildman–Crippen LogP) is 3.42. The number of amides is 2. The van der Waals surface area contributed by atoms with Crippen LogP contribution in [0.1, 0.15) is 10.4 Å². The first-order chi connectivity index (χ1) is 11.8. The average Bonchev–Trinajstić information content (AvgIpc) is 2.58. The summed E-state index contributed by atoms with van der Waals surface area (Å²) in [4.78, 5) is 25.7. The molecule has 0 unspecified atom stereocenters. The van der Waals surface area contributed by atoms with E-state index in [1.807, 2.05) is 0 Å². The molecule has 8 heteroatoms. The van der Waals surface area contributed by atoms with Crippen LogP contribution in [0.4, 0.5) is 5.69 Å². The molecular formula is C17H16Cl2N2O4. The lowest BCUT2D eigenvalue weighted by Gasteiger charge is -2.18. The van der Waals surface area contributed by atoms with E-state index in [1.165, 1.54) is 43.3 Å². The van der Waals surface area contributed by atoms with Gasteiger partial charge in [0.25, 0.3) is 5.91 Å². The number of anilines is 1. The number of hydrogen-bond acceptors (Lipinski definition) is 4. The van der Waals surface area contributed by atoms with Gasteiger partial charge in [-0.2, -0.15) is 0 Å². The van der Waals surface area contributed by atoms with E-state index in [9.17, 15) is 14.7 Å². The van der Waals surface area contributed by atoms with Gasteiger partial charge in [-0.05, 0) is 36.4 Å². The molecule has 25 heavy (non-hydrogen) atoms. The highest BCUT2D eigenvalue weighted by Crippen LogP contribution is 2.25. The molecule has 2 aromatic rings. The number of halogens is 2. The number of hydrogen-bond donors (Lipinski definition) is 2. The van der Waals surface area contributed by atoms with E-state index >= 15 is 0 Å². The quantitative estimate of drug-likeness (QED) is 0.830. The molecule has 6 nitrogen and oxygen atoms in total. The number of methoxy groups -OCH3 is 1. The molecule has 0 atom stereocenters. The van der Waals surface area contributed by atoms with Crippen LogP contribution in [-0.2, 0) is 4.79 Å². The molecule has 2 amide bonds. The summed E-state index contributed by atoms with van der Waals surface area (Å²) in [5, 5.41) is 13.2. The molecule has 2 rings (SSSR count). The second kappa shape index (κ2) is 8.09. The van der Waals surface area contributed by atoms with E-state index in [-0.39, 0.29) is 17.9 Å². The summed E-state index contributed by atoms with van der Waals surface area (Å²) in [5.74, 6) is -0.699. The fourth-order valence-corrected chi connectivity index (χ4v) is 2.38. The number of nitrogens with one attached hydrogen (secondary N) is 1. The zero-order chi connectivity index (χ0) is 18.6. The van der Waals surface area contributed by atoms with Crippen LogP contribution < -0.4 is 10.1 Å². The molecular weight excluding hydrogens is 367 g/mol. The zero-order valence-electron chi connectivity index (χ0n) is 13.5. The number of likely N-dealkylation sites (N-methyl/N-ethyl adjacent to an activating group) is 1. The third kappa shape index (κ3) is 4.78. The molecule has 0 bridgehead atoms. The van der Waals surface area contributed by atoms with E-state index < -0.39 is 11.8 Å². The Bertz CT molecular complexity index is 811. The Kier molecular flexibility index (Phi) is 6.12. The summed E-state index contributed by atoms with van der Waals surface area (Å²) in [7, 11) is 2.91. The summed E-state index contributed by atoms with van der Waals surface area (Å²) in [6, 6.07) is 8.96. The van der Waals surface area contributed by atoms with Crippen molar-refractivity contribution in [3.05, 3.63) is 52.0 Å². The first-order valence-electron chi connectivity index (χ1n) is 7.19. The topological polar surface area (TPSA) is 78.9 Å². The van der Waals surface area contributed by atoms with Crippen LogP contribution in [0.5, 0.6) is 11.5 Å². The Labute approximate surface area is 154 Å². The van der Waals surface area contributed by atoms with Gasteiger partial charge in [0.15, 0.2) is 0 Å². The number of ether oxygens (including phenoxy) is 1. The molecule has 0 heterocycles. The molecule has 0 saturated heterocycles. The smallest absolute Gasteiger partial charge is 0.257 e. The van der Waals surface area contributed by atoms with Crippen LogP contribution in [-0.4, -0.2) is 42.5 Å². The summed E-state index contributed by atoms with van der Waals surface area (Å²) in [5.41, 5.74) is 0.508. The van der Waals surface area contributed by atoms with Crippen molar-refractivity contribution in [2.24, 2.45) is 0 Å². The molecule has 0 saturated carbocycles. The lowest BCUT2D eigenvalue weighted by Crippen LogP contribution is -2.35. The number of rotatable bonds is 5. The second-order valence-electron chi connectivity index (χ2n) is 5.22. The SMILES string of the molecule is COc1ccc(O)c(C(=O)N(C)CC(=O)Nc2ccc(Cl)c(Cl)c2)c1. The van der Waals surface area contributed by atoms with Gasteiger partial charge in [-0.25, -0.2) is 0 Å². The van der Waals surface area contributed by atoms with Crippen molar-refractivity contribution in [1.29, 1.82) is 0 Å². The molecule has 0 radical (unpaired) electrons. The molecule has 2 N–H and O–H groups in total. The third-order valence-corrected chi connectivity index (χ3v) is 4.10. The largest absolute Gasteiger partial charge is 0.507 e. The molecule has 2 aromatic carbocycles. The fraction of sp³-hybridized carbons (Fsp3) is 0.176. The van der Waals surface area contributed by atoms with Crippen molar-refractivity contribution >= 4 is 40.7 Å². The van der Waals surface area contributed by atoms with E-state index in [0.717, 1.165) is 0 Å². The highest BCUT2D eigenvalue weighted by atomic mass is 35.5. The van der Waals surface area contributed by atoms with Crippen molar-refractivity contribution in [1.82, 2.24) is 4.90 Å². The first kappa shape index (κ1) is 18.9. The van der Waals surface area contributed by atoms with Gasteiger partial charge < -0.3 is 20.1 Å². The minimum atomic E-state index is -0.513. The van der Waals surface area contributed by atoms with Crippen LogP contribution in [0.25, 0.3) is 0 Å². The van der Waals surface area contributed by atoms with Crippen LogP contribution >= 0.6 is 23.2 Å². The summed E-state index contributed by atoms with van der Waals surface area (Å²) in [6.45, 7) is -0.213. The molecule has 132 valence electrons. The molecule has 0 aliphatic carbocycles. The maximum atomic E-state index is 12.4. The van der Waals surface area contributed by atoms with Gasteiger partial charge in [0.2, 0.25) is 5.91 Å². The van der Waals surface area contributed by atoms with Crippen LogP contribution in [0.2, 0.25) is 10.0 Å². The van der Waals surface area contributed by atoms with Crippen molar-refractivity contribution in [2.45, 2.75) is 0 Å². The highest BCUT2D eigenvalue weighted by Gasteiger charge is 2.19. The maximum absolute atomic E-state index is 12.4. The van der Waals surface area contributed by atoms with Crippen LogP contribution in [0.3, 0.4) is 0 Å². The van der Waals surface area contributed by atoms with Gasteiger partial charge in [-0.15, -0.1) is 0 Å². The lowest BCUT2D eigenvalue weighted by atomic mass is 10.1.